The van der Waals surface area contributed by atoms with Gasteiger partial charge in [-0.25, -0.2) is 4.98 Å². The van der Waals surface area contributed by atoms with Crippen molar-refractivity contribution >= 4 is 34.5 Å². The molecule has 2 aromatic heterocycles. The lowest BCUT2D eigenvalue weighted by Gasteiger charge is -2.31. The van der Waals surface area contributed by atoms with Crippen molar-refractivity contribution in [1.82, 2.24) is 15.2 Å². The Morgan fingerprint density at radius 1 is 1.32 bits per heavy atom. The molecule has 1 N–H and O–H groups in total. The van der Waals surface area contributed by atoms with Crippen molar-refractivity contribution in [3.8, 4) is 0 Å². The molecule has 3 rings (SSSR count). The number of likely N-dealkylation sites (tertiary alicyclic amines) is 1. The molecule has 0 aliphatic carbocycles. The molecule has 1 aliphatic rings. The fourth-order valence-electron chi connectivity index (χ4n) is 2.98. The largest absolute Gasteiger partial charge is 0.356 e. The number of nitrogens with one attached hydrogen (secondary N) is 1. The molecule has 0 bridgehead atoms. The summed E-state index contributed by atoms with van der Waals surface area (Å²) in [7, 11) is 0. The first-order valence-electron chi connectivity index (χ1n) is 8.70. The van der Waals surface area contributed by atoms with Gasteiger partial charge in [-0.3, -0.25) is 9.59 Å². The molecule has 3 heterocycles. The van der Waals surface area contributed by atoms with Crippen LogP contribution in [0.5, 0.6) is 0 Å². The van der Waals surface area contributed by atoms with Crippen molar-refractivity contribution < 1.29 is 9.59 Å². The van der Waals surface area contributed by atoms with E-state index in [2.05, 4.69) is 10.7 Å². The first kappa shape index (κ1) is 18.1. The summed E-state index contributed by atoms with van der Waals surface area (Å²) in [6, 6.07) is 1.89. The van der Waals surface area contributed by atoms with Crippen LogP contribution in [0.3, 0.4) is 0 Å². The van der Waals surface area contributed by atoms with Gasteiger partial charge in [-0.1, -0.05) is 6.92 Å². The number of piperidine rings is 1. The first-order chi connectivity index (χ1) is 12.2. The van der Waals surface area contributed by atoms with E-state index in [1.807, 2.05) is 28.7 Å². The lowest BCUT2D eigenvalue weighted by Crippen LogP contribution is -2.37. The molecular formula is C18H23N3O2S2. The Balaban J connectivity index is 1.48. The number of amides is 2. The standard InChI is InChI=1S/C18H23N3O2S2/c1-2-16(22)19-7-3-15-12-25-17(20-15)13-4-8-21(9-5-13)18(23)14-6-10-24-11-14/h6,10-13H,2-5,7-9H2,1H3,(H,19,22). The van der Waals surface area contributed by atoms with Crippen LogP contribution in [-0.2, 0) is 11.2 Å². The van der Waals surface area contributed by atoms with E-state index in [0.29, 0.717) is 18.9 Å². The molecule has 0 spiro atoms. The quantitative estimate of drug-likeness (QED) is 0.840. The Kier molecular flexibility index (Phi) is 6.20. The monoisotopic (exact) mass is 377 g/mol. The van der Waals surface area contributed by atoms with Gasteiger partial charge in [0.25, 0.3) is 5.91 Å². The minimum atomic E-state index is 0.0816. The van der Waals surface area contributed by atoms with Gasteiger partial charge in [0.2, 0.25) is 5.91 Å². The molecule has 1 aliphatic heterocycles. The summed E-state index contributed by atoms with van der Waals surface area (Å²) in [5.74, 6) is 0.666. The van der Waals surface area contributed by atoms with Gasteiger partial charge in [-0.2, -0.15) is 11.3 Å². The van der Waals surface area contributed by atoms with Crippen LogP contribution in [0.4, 0.5) is 0 Å². The maximum atomic E-state index is 12.4. The minimum Gasteiger partial charge on any atom is -0.356 e. The van der Waals surface area contributed by atoms with E-state index in [9.17, 15) is 9.59 Å². The highest BCUT2D eigenvalue weighted by Crippen LogP contribution is 2.31. The average Bonchev–Trinajstić information content (AvgIpc) is 3.33. The number of rotatable bonds is 6. The maximum Gasteiger partial charge on any atom is 0.254 e. The van der Waals surface area contributed by atoms with Crippen molar-refractivity contribution in [3.05, 3.63) is 38.5 Å². The predicted molar refractivity (Wildman–Crippen MR) is 101 cm³/mol. The fourth-order valence-corrected chi connectivity index (χ4v) is 4.63. The molecule has 1 fully saturated rings. The van der Waals surface area contributed by atoms with Gasteiger partial charge in [0.1, 0.15) is 0 Å². The van der Waals surface area contributed by atoms with Crippen LogP contribution in [0.25, 0.3) is 0 Å². The van der Waals surface area contributed by atoms with Gasteiger partial charge in [0.15, 0.2) is 0 Å². The Bertz CT molecular complexity index is 704. The number of carbonyl (C=O) groups excluding carboxylic acids is 2. The van der Waals surface area contributed by atoms with E-state index in [1.165, 1.54) is 5.01 Å². The zero-order chi connectivity index (χ0) is 17.6. The smallest absolute Gasteiger partial charge is 0.254 e. The van der Waals surface area contributed by atoms with Crippen molar-refractivity contribution in [3.63, 3.8) is 0 Å². The molecule has 2 amide bonds. The Morgan fingerprint density at radius 3 is 2.80 bits per heavy atom. The van der Waals surface area contributed by atoms with Gasteiger partial charge in [0, 0.05) is 49.2 Å². The molecule has 1 saturated heterocycles. The lowest BCUT2D eigenvalue weighted by atomic mass is 9.97. The van der Waals surface area contributed by atoms with Crippen molar-refractivity contribution in [2.45, 2.75) is 38.5 Å². The zero-order valence-corrected chi connectivity index (χ0v) is 16.0. The van der Waals surface area contributed by atoms with Crippen LogP contribution in [0.2, 0.25) is 0 Å². The summed E-state index contributed by atoms with van der Waals surface area (Å²) in [5.41, 5.74) is 1.85. The molecule has 0 atom stereocenters. The molecule has 134 valence electrons. The van der Waals surface area contributed by atoms with Gasteiger partial charge in [-0.15, -0.1) is 11.3 Å². The average molecular weight is 378 g/mol. The lowest BCUT2D eigenvalue weighted by molar-refractivity contribution is -0.120. The van der Waals surface area contributed by atoms with E-state index < -0.39 is 0 Å². The summed E-state index contributed by atoms with van der Waals surface area (Å²) >= 11 is 3.26. The van der Waals surface area contributed by atoms with E-state index >= 15 is 0 Å². The van der Waals surface area contributed by atoms with Crippen LogP contribution in [0.15, 0.2) is 22.2 Å². The molecule has 0 unspecified atom stereocenters. The van der Waals surface area contributed by atoms with E-state index in [-0.39, 0.29) is 11.8 Å². The third kappa shape index (κ3) is 4.67. The maximum absolute atomic E-state index is 12.4. The van der Waals surface area contributed by atoms with Gasteiger partial charge in [-0.05, 0) is 24.3 Å². The number of thiazole rings is 1. The number of aromatic nitrogens is 1. The number of thiophene rings is 1. The Morgan fingerprint density at radius 2 is 2.12 bits per heavy atom. The Labute approximate surface area is 156 Å². The summed E-state index contributed by atoms with van der Waals surface area (Å²) in [6.45, 7) is 4.08. The third-order valence-electron chi connectivity index (χ3n) is 4.49. The molecule has 25 heavy (non-hydrogen) atoms. The molecule has 5 nitrogen and oxygen atoms in total. The number of hydrogen-bond acceptors (Lipinski definition) is 5. The Hall–Kier alpha value is -1.73. The highest BCUT2D eigenvalue weighted by molar-refractivity contribution is 7.09. The van der Waals surface area contributed by atoms with E-state index in [0.717, 1.165) is 43.6 Å². The number of hydrogen-bond donors (Lipinski definition) is 1. The van der Waals surface area contributed by atoms with Crippen molar-refractivity contribution in [2.75, 3.05) is 19.6 Å². The summed E-state index contributed by atoms with van der Waals surface area (Å²) in [6.07, 6.45) is 3.23. The summed E-state index contributed by atoms with van der Waals surface area (Å²) in [5, 5.41) is 10.0. The number of nitrogens with zero attached hydrogens (tertiary/aromatic N) is 2. The van der Waals surface area contributed by atoms with E-state index in [4.69, 9.17) is 4.98 Å². The zero-order valence-electron chi connectivity index (χ0n) is 14.4. The topological polar surface area (TPSA) is 62.3 Å². The predicted octanol–water partition coefficient (Wildman–Crippen LogP) is 3.29. The first-order valence-corrected chi connectivity index (χ1v) is 10.5. The summed E-state index contributed by atoms with van der Waals surface area (Å²) in [4.78, 5) is 30.3. The van der Waals surface area contributed by atoms with Crippen LogP contribution < -0.4 is 5.32 Å². The van der Waals surface area contributed by atoms with Crippen LogP contribution in [0, 0.1) is 0 Å². The van der Waals surface area contributed by atoms with Gasteiger partial charge in [0.05, 0.1) is 16.3 Å². The molecular weight excluding hydrogens is 354 g/mol. The highest BCUT2D eigenvalue weighted by Gasteiger charge is 2.26. The molecule has 2 aromatic rings. The second kappa shape index (κ2) is 8.58. The highest BCUT2D eigenvalue weighted by atomic mass is 32.1. The van der Waals surface area contributed by atoms with Gasteiger partial charge < -0.3 is 10.2 Å². The summed E-state index contributed by atoms with van der Waals surface area (Å²) < 4.78 is 0. The van der Waals surface area contributed by atoms with Crippen LogP contribution in [0.1, 0.15) is 53.2 Å². The molecule has 7 heteroatoms. The van der Waals surface area contributed by atoms with Crippen LogP contribution in [-0.4, -0.2) is 41.3 Å². The van der Waals surface area contributed by atoms with Crippen LogP contribution >= 0.6 is 22.7 Å². The third-order valence-corrected chi connectivity index (χ3v) is 6.23. The van der Waals surface area contributed by atoms with E-state index in [1.54, 1.807) is 22.7 Å². The molecule has 0 radical (unpaired) electrons. The van der Waals surface area contributed by atoms with Crippen molar-refractivity contribution in [1.29, 1.82) is 0 Å². The second-order valence-corrected chi connectivity index (χ2v) is 7.88. The molecule has 0 saturated carbocycles. The normalized spacial score (nSPS) is 15.3. The second-order valence-electron chi connectivity index (χ2n) is 6.21. The SMILES string of the molecule is CCC(=O)NCCc1csc(C2CCN(C(=O)c3ccsc3)CC2)n1. The fraction of sp³-hybridized carbons (Fsp3) is 0.500. The van der Waals surface area contributed by atoms with Gasteiger partial charge >= 0.3 is 0 Å². The number of carbonyl (C=O) groups is 2. The van der Waals surface area contributed by atoms with Crippen molar-refractivity contribution in [2.24, 2.45) is 0 Å². The molecule has 0 aromatic carbocycles. The minimum absolute atomic E-state index is 0.0816.